The number of anilines is 1. The van der Waals surface area contributed by atoms with Gasteiger partial charge in [0.2, 0.25) is 0 Å². The smallest absolute Gasteiger partial charge is 0.0494 e. The molecule has 0 aliphatic rings. The molecule has 0 aliphatic heterocycles. The van der Waals surface area contributed by atoms with Gasteiger partial charge in [0.15, 0.2) is 0 Å². The maximum absolute atomic E-state index is 6.01. The first-order valence-electron chi connectivity index (χ1n) is 6.21. The quantitative estimate of drug-likeness (QED) is 0.663. The Hall–Kier alpha value is -0.210. The molecule has 0 aliphatic carbocycles. The van der Waals surface area contributed by atoms with Gasteiger partial charge in [0.1, 0.15) is 0 Å². The fourth-order valence-electron chi connectivity index (χ4n) is 1.85. The van der Waals surface area contributed by atoms with Gasteiger partial charge in [-0.05, 0) is 30.5 Å². The molecule has 1 nitrogen and oxygen atoms in total. The Balaban J connectivity index is 2.97. The van der Waals surface area contributed by atoms with Gasteiger partial charge in [0, 0.05) is 29.1 Å². The molecule has 0 radical (unpaired) electrons. The van der Waals surface area contributed by atoms with E-state index in [0.717, 1.165) is 17.6 Å². The summed E-state index contributed by atoms with van der Waals surface area (Å²) in [5.74, 6) is 1.27. The van der Waals surface area contributed by atoms with Crippen molar-refractivity contribution in [3.8, 4) is 0 Å². The molecule has 1 aromatic rings. The third kappa shape index (κ3) is 4.18. The van der Waals surface area contributed by atoms with E-state index in [0.29, 0.717) is 11.8 Å². The molecule has 0 saturated carbocycles. The summed E-state index contributed by atoms with van der Waals surface area (Å²) in [6, 6.07) is 6.33. The average Bonchev–Trinajstić information content (AvgIpc) is 2.35. The largest absolute Gasteiger partial charge is 0.371 e. The van der Waals surface area contributed by atoms with Crippen molar-refractivity contribution in [3.05, 3.63) is 28.2 Å². The molecule has 0 N–H and O–H groups in total. The van der Waals surface area contributed by atoms with E-state index in [2.05, 4.69) is 59.8 Å². The normalized spacial score (nSPS) is 12.5. The molecule has 0 aromatic heterocycles. The highest BCUT2D eigenvalue weighted by molar-refractivity contribution is 9.10. The van der Waals surface area contributed by atoms with Gasteiger partial charge in [0.05, 0.1) is 0 Å². The fourth-order valence-corrected chi connectivity index (χ4v) is 2.42. The van der Waals surface area contributed by atoms with Gasteiger partial charge < -0.3 is 4.90 Å². The minimum Gasteiger partial charge on any atom is -0.371 e. The molecule has 0 heterocycles. The minimum atomic E-state index is 0.569. The summed E-state index contributed by atoms with van der Waals surface area (Å²) < 4.78 is 1.11. The Morgan fingerprint density at radius 2 is 2.06 bits per heavy atom. The molecule has 17 heavy (non-hydrogen) atoms. The Bertz CT molecular complexity index is 354. The molecular weight excluding hydrogens is 298 g/mol. The van der Waals surface area contributed by atoms with Gasteiger partial charge in [-0.1, -0.05) is 42.3 Å². The maximum Gasteiger partial charge on any atom is 0.0494 e. The van der Waals surface area contributed by atoms with Crippen molar-refractivity contribution < 1.29 is 0 Å². The van der Waals surface area contributed by atoms with Crippen molar-refractivity contribution in [3.63, 3.8) is 0 Å². The Kier molecular flexibility index (Phi) is 6.35. The van der Waals surface area contributed by atoms with E-state index >= 15 is 0 Å². The second-order valence-electron chi connectivity index (χ2n) is 4.46. The van der Waals surface area contributed by atoms with E-state index < -0.39 is 0 Å². The first-order valence-corrected chi connectivity index (χ1v) is 7.54. The van der Waals surface area contributed by atoms with Crippen LogP contribution in [-0.4, -0.2) is 13.1 Å². The molecule has 0 fully saturated rings. The van der Waals surface area contributed by atoms with E-state index in [9.17, 15) is 0 Å². The SMILES string of the molecule is CCC(C)CN(CC)c1cc(Br)ccc1CCl. The number of rotatable bonds is 6. The van der Waals surface area contributed by atoms with Crippen LogP contribution in [0.2, 0.25) is 0 Å². The van der Waals surface area contributed by atoms with Crippen LogP contribution in [0, 0.1) is 5.92 Å². The monoisotopic (exact) mass is 317 g/mol. The predicted molar refractivity (Wildman–Crippen MR) is 81.0 cm³/mol. The van der Waals surface area contributed by atoms with Crippen molar-refractivity contribution in [1.82, 2.24) is 0 Å². The highest BCUT2D eigenvalue weighted by atomic mass is 79.9. The highest BCUT2D eigenvalue weighted by Gasteiger charge is 2.12. The minimum absolute atomic E-state index is 0.569. The maximum atomic E-state index is 6.01. The summed E-state index contributed by atoms with van der Waals surface area (Å²) in [6.45, 7) is 8.84. The third-order valence-electron chi connectivity index (χ3n) is 3.14. The Morgan fingerprint density at radius 3 is 2.59 bits per heavy atom. The number of hydrogen-bond donors (Lipinski definition) is 0. The van der Waals surface area contributed by atoms with E-state index in [4.69, 9.17) is 11.6 Å². The van der Waals surface area contributed by atoms with Crippen molar-refractivity contribution >= 4 is 33.2 Å². The van der Waals surface area contributed by atoms with Crippen LogP contribution in [-0.2, 0) is 5.88 Å². The second kappa shape index (κ2) is 7.27. The van der Waals surface area contributed by atoms with Crippen molar-refractivity contribution in [1.29, 1.82) is 0 Å². The van der Waals surface area contributed by atoms with Gasteiger partial charge in [0.25, 0.3) is 0 Å². The van der Waals surface area contributed by atoms with Crippen LogP contribution >= 0.6 is 27.5 Å². The molecule has 0 amide bonds. The molecule has 0 bridgehead atoms. The number of alkyl halides is 1. The summed E-state index contributed by atoms with van der Waals surface area (Å²) in [4.78, 5) is 2.41. The van der Waals surface area contributed by atoms with Crippen LogP contribution < -0.4 is 4.90 Å². The van der Waals surface area contributed by atoms with Gasteiger partial charge in [-0.2, -0.15) is 0 Å². The van der Waals surface area contributed by atoms with Crippen LogP contribution in [0.4, 0.5) is 5.69 Å². The Morgan fingerprint density at radius 1 is 1.35 bits per heavy atom. The topological polar surface area (TPSA) is 3.24 Å². The number of benzene rings is 1. The fraction of sp³-hybridized carbons (Fsp3) is 0.571. The van der Waals surface area contributed by atoms with Crippen LogP contribution in [0.5, 0.6) is 0 Å². The van der Waals surface area contributed by atoms with Gasteiger partial charge in [-0.25, -0.2) is 0 Å². The lowest BCUT2D eigenvalue weighted by atomic mass is 10.1. The molecule has 3 heteroatoms. The zero-order chi connectivity index (χ0) is 12.8. The lowest BCUT2D eigenvalue weighted by Crippen LogP contribution is -2.28. The number of nitrogens with zero attached hydrogens (tertiary/aromatic N) is 1. The van der Waals surface area contributed by atoms with E-state index in [1.165, 1.54) is 17.7 Å². The van der Waals surface area contributed by atoms with Crippen molar-refractivity contribution in [2.75, 3.05) is 18.0 Å². The molecule has 1 aromatic carbocycles. The summed E-state index contributed by atoms with van der Waals surface area (Å²) in [5, 5.41) is 0. The molecule has 96 valence electrons. The number of halogens is 2. The van der Waals surface area contributed by atoms with Crippen LogP contribution in [0.25, 0.3) is 0 Å². The predicted octanol–water partition coefficient (Wildman–Crippen LogP) is 5.06. The molecule has 1 unspecified atom stereocenters. The second-order valence-corrected chi connectivity index (χ2v) is 5.64. The first kappa shape index (κ1) is 14.8. The Labute approximate surface area is 118 Å². The lowest BCUT2D eigenvalue weighted by Gasteiger charge is -2.28. The molecule has 0 saturated heterocycles. The van der Waals surface area contributed by atoms with E-state index in [1.54, 1.807) is 0 Å². The van der Waals surface area contributed by atoms with Crippen molar-refractivity contribution in [2.45, 2.75) is 33.1 Å². The average molecular weight is 319 g/mol. The van der Waals surface area contributed by atoms with E-state index in [-0.39, 0.29) is 0 Å². The molecule has 1 atom stereocenters. The van der Waals surface area contributed by atoms with Gasteiger partial charge in [-0.3, -0.25) is 0 Å². The summed E-state index contributed by atoms with van der Waals surface area (Å²) in [5.41, 5.74) is 2.47. The third-order valence-corrected chi connectivity index (χ3v) is 3.92. The van der Waals surface area contributed by atoms with Crippen LogP contribution in [0.1, 0.15) is 32.8 Å². The first-order chi connectivity index (χ1) is 8.12. The van der Waals surface area contributed by atoms with Crippen LogP contribution in [0.3, 0.4) is 0 Å². The highest BCUT2D eigenvalue weighted by Crippen LogP contribution is 2.27. The standard InChI is InChI=1S/C14H21BrClN/c1-4-11(3)10-17(5-2)14-8-13(15)7-6-12(14)9-16/h6-8,11H,4-5,9-10H2,1-3H3. The summed E-state index contributed by atoms with van der Waals surface area (Å²) >= 11 is 9.55. The van der Waals surface area contributed by atoms with Crippen molar-refractivity contribution in [2.24, 2.45) is 5.92 Å². The van der Waals surface area contributed by atoms with Gasteiger partial charge >= 0.3 is 0 Å². The summed E-state index contributed by atoms with van der Waals surface area (Å²) in [6.07, 6.45) is 1.21. The zero-order valence-corrected chi connectivity index (χ0v) is 13.2. The molecule has 1 rings (SSSR count). The summed E-state index contributed by atoms with van der Waals surface area (Å²) in [7, 11) is 0. The molecule has 0 spiro atoms. The van der Waals surface area contributed by atoms with Gasteiger partial charge in [-0.15, -0.1) is 11.6 Å². The number of hydrogen-bond acceptors (Lipinski definition) is 1. The lowest BCUT2D eigenvalue weighted by molar-refractivity contribution is 0.547. The van der Waals surface area contributed by atoms with Crippen LogP contribution in [0.15, 0.2) is 22.7 Å². The zero-order valence-electron chi connectivity index (χ0n) is 10.8. The van der Waals surface area contributed by atoms with E-state index in [1.807, 2.05) is 0 Å². The molecular formula is C14H21BrClN.